The fraction of sp³-hybridized carbons (Fsp3) is 0.417. The molecule has 0 bridgehead atoms. The van der Waals surface area contributed by atoms with Crippen LogP contribution in [0, 0.1) is 0 Å². The molecule has 1 N–H and O–H groups in total. The summed E-state index contributed by atoms with van der Waals surface area (Å²) in [6.07, 6.45) is 0.467. The number of aliphatic carboxylic acids is 1. The second kappa shape index (κ2) is 9.71. The quantitative estimate of drug-likeness (QED) is 0.742. The minimum Gasteiger partial charge on any atom is -0.548 e. The van der Waals surface area contributed by atoms with Crippen LogP contribution in [-0.4, -0.2) is 41.2 Å². The van der Waals surface area contributed by atoms with Crippen molar-refractivity contribution in [1.82, 2.24) is 10.2 Å². The van der Waals surface area contributed by atoms with Crippen LogP contribution >= 0.6 is 11.6 Å². The number of carbonyl (C=O) groups is 2. The maximum Gasteiger partial charge on any atom is 0.410 e. The summed E-state index contributed by atoms with van der Waals surface area (Å²) in [7, 11) is 0. The maximum absolute atomic E-state index is 12.9. The van der Waals surface area contributed by atoms with Gasteiger partial charge in [0.15, 0.2) is 0 Å². The lowest BCUT2D eigenvalue weighted by atomic mass is 9.94. The number of nitrogens with one attached hydrogen (secondary N) is 1. The van der Waals surface area contributed by atoms with Crippen molar-refractivity contribution < 1.29 is 19.4 Å². The maximum atomic E-state index is 12.9. The number of benzene rings is 2. The van der Waals surface area contributed by atoms with E-state index in [0.29, 0.717) is 24.5 Å². The van der Waals surface area contributed by atoms with Crippen LogP contribution in [0.4, 0.5) is 4.79 Å². The van der Waals surface area contributed by atoms with E-state index in [9.17, 15) is 14.7 Å². The summed E-state index contributed by atoms with van der Waals surface area (Å²) in [6.45, 7) is 6.21. The lowest BCUT2D eigenvalue weighted by Crippen LogP contribution is -2.55. The number of ether oxygens (including phenoxy) is 1. The normalized spacial score (nSPS) is 17.0. The van der Waals surface area contributed by atoms with Crippen LogP contribution < -0.4 is 10.4 Å². The fourth-order valence-electron chi connectivity index (χ4n) is 3.68. The molecule has 3 rings (SSSR count). The highest BCUT2D eigenvalue weighted by Gasteiger charge is 2.33. The number of hydrogen-bond donors (Lipinski definition) is 1. The van der Waals surface area contributed by atoms with Crippen molar-refractivity contribution >= 4 is 23.7 Å². The van der Waals surface area contributed by atoms with E-state index >= 15 is 0 Å². The van der Waals surface area contributed by atoms with Crippen LogP contribution in [0.1, 0.15) is 37.5 Å². The fourth-order valence-corrected chi connectivity index (χ4v) is 3.80. The van der Waals surface area contributed by atoms with E-state index in [-0.39, 0.29) is 12.5 Å². The Morgan fingerprint density at radius 1 is 1.16 bits per heavy atom. The van der Waals surface area contributed by atoms with E-state index in [1.807, 2.05) is 45.0 Å². The van der Waals surface area contributed by atoms with Gasteiger partial charge in [0.05, 0.1) is 18.1 Å². The average Bonchev–Trinajstić information content (AvgIpc) is 2.70. The molecule has 166 valence electrons. The van der Waals surface area contributed by atoms with Crippen LogP contribution in [0.25, 0.3) is 0 Å². The smallest absolute Gasteiger partial charge is 0.410 e. The molecule has 2 aromatic carbocycles. The Kier molecular flexibility index (Phi) is 7.23. The summed E-state index contributed by atoms with van der Waals surface area (Å²) in [6, 6.07) is 13.9. The number of halogens is 1. The molecule has 1 heterocycles. The molecule has 7 heteroatoms. The van der Waals surface area contributed by atoms with Gasteiger partial charge in [-0.1, -0.05) is 48.0 Å². The standard InChI is InChI=1S/C24H29ClN2O4/c1-24(2,3)31-23(30)27-15-18-7-5-4-6-17(18)13-20(27)14-26-21(22(28)29)12-16-8-10-19(25)11-9-16/h4-11,20-21,26H,12-15H2,1-3H3,(H,28,29)/p-1/t20-,21-/m1/s1. The molecular weight excluding hydrogens is 416 g/mol. The van der Waals surface area contributed by atoms with Gasteiger partial charge in [-0.2, -0.15) is 0 Å². The zero-order chi connectivity index (χ0) is 22.6. The number of carboxylic acid groups (broad SMARTS) is 1. The number of hydrogen-bond acceptors (Lipinski definition) is 5. The Bertz CT molecular complexity index is 924. The molecule has 0 fully saturated rings. The van der Waals surface area contributed by atoms with Crippen molar-refractivity contribution in [3.8, 4) is 0 Å². The highest BCUT2D eigenvalue weighted by molar-refractivity contribution is 6.30. The van der Waals surface area contributed by atoms with Gasteiger partial charge in [0.25, 0.3) is 0 Å². The molecule has 0 aliphatic carbocycles. The Balaban J connectivity index is 1.74. The predicted octanol–water partition coefficient (Wildman–Crippen LogP) is 2.95. The SMILES string of the molecule is CC(C)(C)OC(=O)N1Cc2ccccc2C[C@@H]1CN[C@H](Cc1ccc(Cl)cc1)C(=O)[O-]. The second-order valence-electron chi connectivity index (χ2n) is 8.85. The highest BCUT2D eigenvalue weighted by Crippen LogP contribution is 2.25. The first-order chi connectivity index (χ1) is 14.6. The van der Waals surface area contributed by atoms with Gasteiger partial charge in [0.2, 0.25) is 0 Å². The third kappa shape index (κ3) is 6.45. The molecule has 31 heavy (non-hydrogen) atoms. The van der Waals surface area contributed by atoms with Crippen LogP contribution in [0.15, 0.2) is 48.5 Å². The molecule has 0 saturated carbocycles. The van der Waals surface area contributed by atoms with E-state index in [4.69, 9.17) is 16.3 Å². The highest BCUT2D eigenvalue weighted by atomic mass is 35.5. The molecule has 0 spiro atoms. The van der Waals surface area contributed by atoms with Gasteiger partial charge in [0.1, 0.15) is 5.60 Å². The van der Waals surface area contributed by atoms with Crippen LogP contribution in [0.2, 0.25) is 5.02 Å². The first-order valence-electron chi connectivity index (χ1n) is 10.4. The molecule has 6 nitrogen and oxygen atoms in total. The first-order valence-corrected chi connectivity index (χ1v) is 10.8. The average molecular weight is 444 g/mol. The van der Waals surface area contributed by atoms with Gasteiger partial charge in [-0.25, -0.2) is 4.79 Å². The van der Waals surface area contributed by atoms with Crippen molar-refractivity contribution in [2.75, 3.05) is 6.54 Å². The molecule has 0 unspecified atom stereocenters. The number of nitrogens with zero attached hydrogens (tertiary/aromatic N) is 1. The lowest BCUT2D eigenvalue weighted by Gasteiger charge is -2.38. The largest absolute Gasteiger partial charge is 0.548 e. The van der Waals surface area contributed by atoms with Crippen molar-refractivity contribution in [2.24, 2.45) is 0 Å². The molecule has 1 aliphatic rings. The molecule has 2 aromatic rings. The Labute approximate surface area is 188 Å². The Hall–Kier alpha value is -2.57. The summed E-state index contributed by atoms with van der Waals surface area (Å²) < 4.78 is 5.60. The molecule has 2 atom stereocenters. The van der Waals surface area contributed by atoms with Gasteiger partial charge >= 0.3 is 6.09 Å². The van der Waals surface area contributed by atoms with Gasteiger partial charge in [-0.05, 0) is 62.4 Å². The van der Waals surface area contributed by atoms with Crippen molar-refractivity contribution in [3.05, 3.63) is 70.2 Å². The molecule has 1 amide bonds. The van der Waals surface area contributed by atoms with Gasteiger partial charge < -0.3 is 20.0 Å². The molecule has 1 aliphatic heterocycles. The Morgan fingerprint density at radius 2 is 1.81 bits per heavy atom. The van der Waals surface area contributed by atoms with Gasteiger partial charge in [0, 0.05) is 18.1 Å². The minimum absolute atomic E-state index is 0.239. The van der Waals surface area contributed by atoms with E-state index < -0.39 is 23.7 Å². The number of rotatable bonds is 6. The first kappa shape index (κ1) is 23.1. The summed E-state index contributed by atoms with van der Waals surface area (Å²) in [4.78, 5) is 26.3. The summed E-state index contributed by atoms with van der Waals surface area (Å²) in [5.74, 6) is -1.19. The van der Waals surface area contributed by atoms with Crippen LogP contribution in [-0.2, 0) is 28.9 Å². The lowest BCUT2D eigenvalue weighted by molar-refractivity contribution is -0.308. The van der Waals surface area contributed by atoms with Crippen LogP contribution in [0.5, 0.6) is 0 Å². The number of carboxylic acids is 1. The van der Waals surface area contributed by atoms with E-state index in [2.05, 4.69) is 5.32 Å². The molecular formula is C24H28ClN2O4-. The predicted molar refractivity (Wildman–Crippen MR) is 118 cm³/mol. The topological polar surface area (TPSA) is 81.7 Å². The minimum atomic E-state index is -1.19. The number of fused-ring (bicyclic) bond motifs is 1. The van der Waals surface area contributed by atoms with E-state index in [1.165, 1.54) is 0 Å². The molecule has 0 aromatic heterocycles. The number of carbonyl (C=O) groups excluding carboxylic acids is 2. The van der Waals surface area contributed by atoms with Gasteiger partial charge in [-0.15, -0.1) is 0 Å². The zero-order valence-electron chi connectivity index (χ0n) is 18.1. The Morgan fingerprint density at radius 3 is 2.42 bits per heavy atom. The van der Waals surface area contributed by atoms with Crippen LogP contribution in [0.3, 0.4) is 0 Å². The summed E-state index contributed by atoms with van der Waals surface area (Å²) in [5.41, 5.74) is 2.44. The van der Waals surface area contributed by atoms with Crippen molar-refractivity contribution in [3.63, 3.8) is 0 Å². The van der Waals surface area contributed by atoms with Crippen molar-refractivity contribution in [1.29, 1.82) is 0 Å². The van der Waals surface area contributed by atoms with E-state index in [1.54, 1.807) is 29.2 Å². The zero-order valence-corrected chi connectivity index (χ0v) is 18.8. The third-order valence-electron chi connectivity index (χ3n) is 5.22. The monoisotopic (exact) mass is 443 g/mol. The van der Waals surface area contributed by atoms with Crippen molar-refractivity contribution in [2.45, 2.75) is 57.8 Å². The summed E-state index contributed by atoms with van der Waals surface area (Å²) >= 11 is 5.91. The van der Waals surface area contributed by atoms with Gasteiger partial charge in [-0.3, -0.25) is 4.90 Å². The third-order valence-corrected chi connectivity index (χ3v) is 5.47. The van der Waals surface area contributed by atoms with E-state index in [0.717, 1.165) is 16.7 Å². The molecule has 0 radical (unpaired) electrons. The summed E-state index contributed by atoms with van der Waals surface area (Å²) in [5, 5.41) is 15.4. The molecule has 0 saturated heterocycles. The number of amides is 1. The second-order valence-corrected chi connectivity index (χ2v) is 9.28.